The molecule has 0 bridgehead atoms. The van der Waals surface area contributed by atoms with Gasteiger partial charge in [0.1, 0.15) is 6.04 Å². The van der Waals surface area contributed by atoms with Crippen molar-refractivity contribution in [3.05, 3.63) is 0 Å². The second kappa shape index (κ2) is 7.09. The number of nitrogens with zero attached hydrogens (tertiary/aromatic N) is 1. The largest absolute Gasteiger partial charge is 0.480 e. The van der Waals surface area contributed by atoms with Crippen LogP contribution in [0.4, 0.5) is 4.79 Å². The molecular weight excluding hydrogens is 266 g/mol. The lowest BCUT2D eigenvalue weighted by atomic mass is 10.0. The van der Waals surface area contributed by atoms with Gasteiger partial charge in [-0.1, -0.05) is 0 Å². The molecule has 0 aliphatic carbocycles. The van der Waals surface area contributed by atoms with Gasteiger partial charge in [-0.25, -0.2) is 9.59 Å². The van der Waals surface area contributed by atoms with E-state index in [0.717, 1.165) is 12.8 Å². The van der Waals surface area contributed by atoms with Crippen molar-refractivity contribution in [2.45, 2.75) is 44.4 Å². The number of piperidine rings is 1. The number of hydrogen-bond acceptors (Lipinski definition) is 4. The van der Waals surface area contributed by atoms with Crippen LogP contribution in [0.3, 0.4) is 0 Å². The molecule has 0 radical (unpaired) electrons. The second-order valence-corrected chi connectivity index (χ2v) is 4.83. The van der Waals surface area contributed by atoms with Crippen LogP contribution in [0.5, 0.6) is 0 Å². The fourth-order valence-corrected chi connectivity index (χ4v) is 2.22. The zero-order chi connectivity index (χ0) is 15.3. The molecule has 114 valence electrons. The molecule has 1 unspecified atom stereocenters. The molecule has 1 saturated heterocycles. The Hall–Kier alpha value is -1.83. The van der Waals surface area contributed by atoms with Gasteiger partial charge in [0.2, 0.25) is 5.91 Å². The quantitative estimate of drug-likeness (QED) is 0.536. The standard InChI is InChI=1S/C12H21N3O5/c1-7(16)9(11(18)19)14-12(20)15-6-4-3-5-8(15)10(17)13-2/h7-9,16H,3-6H2,1-2H3,(H,13,17)(H,14,20)(H,18,19)/t7-,8?,9+/m1/s1. The number of aliphatic carboxylic acids is 1. The molecule has 1 aliphatic heterocycles. The molecular formula is C12H21N3O5. The maximum absolute atomic E-state index is 12.1. The molecule has 3 amide bonds. The molecule has 0 saturated carbocycles. The van der Waals surface area contributed by atoms with Crippen LogP contribution in [0.2, 0.25) is 0 Å². The molecule has 3 atom stereocenters. The number of aliphatic hydroxyl groups excluding tert-OH is 1. The fourth-order valence-electron chi connectivity index (χ4n) is 2.22. The smallest absolute Gasteiger partial charge is 0.328 e. The molecule has 4 N–H and O–H groups in total. The van der Waals surface area contributed by atoms with Crippen LogP contribution in [-0.2, 0) is 9.59 Å². The minimum absolute atomic E-state index is 0.274. The Morgan fingerprint density at radius 3 is 2.45 bits per heavy atom. The van der Waals surface area contributed by atoms with Crippen molar-refractivity contribution in [2.75, 3.05) is 13.6 Å². The third-order valence-electron chi connectivity index (χ3n) is 3.34. The normalized spacial score (nSPS) is 21.8. The van der Waals surface area contributed by atoms with Gasteiger partial charge in [-0.2, -0.15) is 0 Å². The van der Waals surface area contributed by atoms with Crippen molar-refractivity contribution in [1.29, 1.82) is 0 Å². The van der Waals surface area contributed by atoms with Crippen molar-refractivity contribution >= 4 is 17.9 Å². The molecule has 0 aromatic carbocycles. The van der Waals surface area contributed by atoms with Crippen LogP contribution in [0, 0.1) is 0 Å². The lowest BCUT2D eigenvalue weighted by molar-refractivity contribution is -0.141. The number of urea groups is 1. The second-order valence-electron chi connectivity index (χ2n) is 4.83. The Labute approximate surface area is 117 Å². The number of likely N-dealkylation sites (tertiary alicyclic amines) is 1. The number of nitrogens with one attached hydrogen (secondary N) is 2. The molecule has 0 aromatic heterocycles. The number of carbonyl (C=O) groups excluding carboxylic acids is 2. The molecule has 1 fully saturated rings. The summed E-state index contributed by atoms with van der Waals surface area (Å²) in [7, 11) is 1.49. The molecule has 1 heterocycles. The Morgan fingerprint density at radius 1 is 1.30 bits per heavy atom. The van der Waals surface area contributed by atoms with Gasteiger partial charge in [0.25, 0.3) is 0 Å². The summed E-state index contributed by atoms with van der Waals surface area (Å²) in [5, 5.41) is 23.0. The van der Waals surface area contributed by atoms with E-state index in [-0.39, 0.29) is 5.91 Å². The van der Waals surface area contributed by atoms with Gasteiger partial charge >= 0.3 is 12.0 Å². The fraction of sp³-hybridized carbons (Fsp3) is 0.750. The van der Waals surface area contributed by atoms with Crippen LogP contribution in [-0.4, -0.2) is 64.8 Å². The molecule has 8 heteroatoms. The Kier molecular flexibility index (Phi) is 5.75. The number of likely N-dealkylation sites (N-methyl/N-ethyl adjacent to an activating group) is 1. The highest BCUT2D eigenvalue weighted by molar-refractivity contribution is 5.89. The van der Waals surface area contributed by atoms with Gasteiger partial charge in [0.15, 0.2) is 6.04 Å². The molecule has 8 nitrogen and oxygen atoms in total. The van der Waals surface area contributed by atoms with E-state index in [1.54, 1.807) is 0 Å². The lowest BCUT2D eigenvalue weighted by Gasteiger charge is -2.35. The van der Waals surface area contributed by atoms with E-state index >= 15 is 0 Å². The minimum atomic E-state index is -1.39. The van der Waals surface area contributed by atoms with Gasteiger partial charge in [-0.15, -0.1) is 0 Å². The molecule has 0 aromatic rings. The Balaban J connectivity index is 2.77. The third-order valence-corrected chi connectivity index (χ3v) is 3.34. The van der Waals surface area contributed by atoms with Crippen LogP contribution in [0.25, 0.3) is 0 Å². The number of hydrogen-bond donors (Lipinski definition) is 4. The van der Waals surface area contributed by atoms with Crippen LogP contribution in [0.1, 0.15) is 26.2 Å². The SMILES string of the molecule is CNC(=O)C1CCCCN1C(=O)N[C@H](C(=O)O)[C@@H](C)O. The van der Waals surface area contributed by atoms with Crippen molar-refractivity contribution < 1.29 is 24.6 Å². The summed E-state index contributed by atoms with van der Waals surface area (Å²) in [5.74, 6) is -1.59. The van der Waals surface area contributed by atoms with E-state index in [1.165, 1.54) is 18.9 Å². The summed E-state index contributed by atoms with van der Waals surface area (Å²) >= 11 is 0. The van der Waals surface area contributed by atoms with Crippen LogP contribution >= 0.6 is 0 Å². The number of carboxylic acids is 1. The van der Waals surface area contributed by atoms with E-state index < -0.39 is 30.2 Å². The van der Waals surface area contributed by atoms with E-state index in [4.69, 9.17) is 5.11 Å². The van der Waals surface area contributed by atoms with Crippen molar-refractivity contribution in [1.82, 2.24) is 15.5 Å². The number of carbonyl (C=O) groups is 3. The van der Waals surface area contributed by atoms with Gasteiger partial charge in [-0.05, 0) is 26.2 Å². The van der Waals surface area contributed by atoms with Crippen molar-refractivity contribution in [2.24, 2.45) is 0 Å². The van der Waals surface area contributed by atoms with Gasteiger partial charge in [0, 0.05) is 13.6 Å². The summed E-state index contributed by atoms with van der Waals surface area (Å²) < 4.78 is 0. The van der Waals surface area contributed by atoms with E-state index in [2.05, 4.69) is 10.6 Å². The van der Waals surface area contributed by atoms with Crippen molar-refractivity contribution in [3.63, 3.8) is 0 Å². The average Bonchev–Trinajstić information content (AvgIpc) is 2.42. The average molecular weight is 287 g/mol. The highest BCUT2D eigenvalue weighted by Gasteiger charge is 2.34. The van der Waals surface area contributed by atoms with Crippen LogP contribution in [0.15, 0.2) is 0 Å². The zero-order valence-corrected chi connectivity index (χ0v) is 11.6. The zero-order valence-electron chi connectivity index (χ0n) is 11.6. The monoisotopic (exact) mass is 287 g/mol. The van der Waals surface area contributed by atoms with E-state index in [1.807, 2.05) is 0 Å². The minimum Gasteiger partial charge on any atom is -0.480 e. The summed E-state index contributed by atoms with van der Waals surface area (Å²) in [4.78, 5) is 36.1. The summed E-state index contributed by atoms with van der Waals surface area (Å²) in [5.41, 5.74) is 0. The van der Waals surface area contributed by atoms with Crippen LogP contribution < -0.4 is 10.6 Å². The predicted octanol–water partition coefficient (Wildman–Crippen LogP) is -0.869. The van der Waals surface area contributed by atoms with E-state index in [0.29, 0.717) is 13.0 Å². The Bertz CT molecular complexity index is 385. The summed E-state index contributed by atoms with van der Waals surface area (Å²) in [6, 6.07) is -2.64. The Morgan fingerprint density at radius 2 is 1.95 bits per heavy atom. The van der Waals surface area contributed by atoms with E-state index in [9.17, 15) is 19.5 Å². The highest BCUT2D eigenvalue weighted by atomic mass is 16.4. The molecule has 1 rings (SSSR count). The van der Waals surface area contributed by atoms with Gasteiger partial charge in [-0.3, -0.25) is 4.79 Å². The van der Waals surface area contributed by atoms with Gasteiger partial charge < -0.3 is 25.7 Å². The maximum atomic E-state index is 12.1. The topological polar surface area (TPSA) is 119 Å². The molecule has 0 spiro atoms. The number of rotatable bonds is 4. The molecule has 1 aliphatic rings. The van der Waals surface area contributed by atoms with Gasteiger partial charge in [0.05, 0.1) is 6.10 Å². The first-order valence-electron chi connectivity index (χ1n) is 6.58. The number of aliphatic hydroxyl groups is 1. The first-order chi connectivity index (χ1) is 9.38. The number of amides is 3. The first kappa shape index (κ1) is 16.2. The number of carboxylic acid groups (broad SMARTS) is 1. The highest BCUT2D eigenvalue weighted by Crippen LogP contribution is 2.17. The molecule has 20 heavy (non-hydrogen) atoms. The third kappa shape index (κ3) is 3.83. The maximum Gasteiger partial charge on any atom is 0.328 e. The van der Waals surface area contributed by atoms with Crippen molar-refractivity contribution in [3.8, 4) is 0 Å². The predicted molar refractivity (Wildman–Crippen MR) is 70.0 cm³/mol. The lowest BCUT2D eigenvalue weighted by Crippen LogP contribution is -2.58. The first-order valence-corrected chi connectivity index (χ1v) is 6.58. The summed E-state index contributed by atoms with van der Waals surface area (Å²) in [6.45, 7) is 1.67. The summed E-state index contributed by atoms with van der Waals surface area (Å²) in [6.07, 6.45) is 0.910.